The van der Waals surface area contributed by atoms with Crippen molar-refractivity contribution in [2.24, 2.45) is 5.73 Å². The third-order valence-corrected chi connectivity index (χ3v) is 1.55. The molecule has 0 saturated carbocycles. The summed E-state index contributed by atoms with van der Waals surface area (Å²) < 4.78 is 17.8. The van der Waals surface area contributed by atoms with Crippen molar-refractivity contribution in [3.05, 3.63) is 29.8 Å². The highest BCUT2D eigenvalue weighted by molar-refractivity contribution is 5.16. The number of nitrogens with zero attached hydrogens (tertiary/aromatic N) is 1. The van der Waals surface area contributed by atoms with Gasteiger partial charge in [0.25, 0.3) is 0 Å². The van der Waals surface area contributed by atoms with Gasteiger partial charge in [0.05, 0.1) is 18.8 Å². The maximum atomic E-state index is 13.0. The van der Waals surface area contributed by atoms with Gasteiger partial charge in [-0.2, -0.15) is 0 Å². The monoisotopic (exact) mass is 170 g/mol. The molecule has 1 aromatic heterocycles. The van der Waals surface area contributed by atoms with Crippen LogP contribution in [0.25, 0.3) is 0 Å². The fraction of sp³-hybridized carbons (Fsp3) is 0.375. The van der Waals surface area contributed by atoms with Gasteiger partial charge in [-0.25, -0.2) is 4.39 Å². The van der Waals surface area contributed by atoms with E-state index in [0.717, 1.165) is 6.20 Å². The molecule has 66 valence electrons. The molecular weight excluding hydrogens is 159 g/mol. The van der Waals surface area contributed by atoms with Gasteiger partial charge in [-0.1, -0.05) is 0 Å². The Bertz CT molecular complexity index is 255. The maximum absolute atomic E-state index is 13.0. The van der Waals surface area contributed by atoms with Crippen molar-refractivity contribution in [1.82, 2.24) is 4.98 Å². The van der Waals surface area contributed by atoms with E-state index in [1.54, 1.807) is 6.07 Å². The van der Waals surface area contributed by atoms with Crippen molar-refractivity contribution in [2.75, 3.05) is 13.7 Å². The summed E-state index contributed by atoms with van der Waals surface area (Å²) in [6, 6.07) is 1.14. The molecule has 1 aromatic rings. The van der Waals surface area contributed by atoms with Gasteiger partial charge in [-0.05, 0) is 6.07 Å². The summed E-state index contributed by atoms with van der Waals surface area (Å²) in [5.41, 5.74) is 6.05. The number of aromatic nitrogens is 1. The fourth-order valence-electron chi connectivity index (χ4n) is 0.956. The van der Waals surface area contributed by atoms with E-state index in [-0.39, 0.29) is 5.82 Å². The van der Waals surface area contributed by atoms with Crippen LogP contribution in [0.2, 0.25) is 0 Å². The lowest BCUT2D eigenvalue weighted by molar-refractivity contribution is 0.179. The Kier molecular flexibility index (Phi) is 3.13. The molecule has 12 heavy (non-hydrogen) atoms. The molecule has 0 spiro atoms. The summed E-state index contributed by atoms with van der Waals surface area (Å²) in [5, 5.41) is 0. The Labute approximate surface area is 70.4 Å². The smallest absolute Gasteiger partial charge is 0.146 e. The summed E-state index contributed by atoms with van der Waals surface area (Å²) in [7, 11) is 1.53. The molecule has 1 atom stereocenters. The van der Waals surface area contributed by atoms with E-state index in [9.17, 15) is 4.39 Å². The van der Waals surface area contributed by atoms with Gasteiger partial charge in [-0.3, -0.25) is 4.98 Å². The first-order valence-electron chi connectivity index (χ1n) is 3.59. The van der Waals surface area contributed by atoms with Crippen LogP contribution in [0.5, 0.6) is 0 Å². The van der Waals surface area contributed by atoms with Crippen molar-refractivity contribution in [1.29, 1.82) is 0 Å². The number of hydrogen-bond donors (Lipinski definition) is 1. The molecule has 3 nitrogen and oxygen atoms in total. The van der Waals surface area contributed by atoms with Crippen LogP contribution >= 0.6 is 0 Å². The molecule has 1 heterocycles. The zero-order valence-corrected chi connectivity index (χ0v) is 6.83. The van der Waals surface area contributed by atoms with Gasteiger partial charge in [-0.15, -0.1) is 0 Å². The first kappa shape index (κ1) is 9.09. The largest absolute Gasteiger partial charge is 0.383 e. The minimum absolute atomic E-state index is 0.306. The lowest BCUT2D eigenvalue weighted by Gasteiger charge is -2.10. The molecular formula is C8H11FN2O. The van der Waals surface area contributed by atoms with Crippen LogP contribution in [-0.4, -0.2) is 18.7 Å². The van der Waals surface area contributed by atoms with E-state index in [2.05, 4.69) is 4.98 Å². The molecule has 0 fully saturated rings. The number of pyridine rings is 1. The van der Waals surface area contributed by atoms with E-state index < -0.39 is 6.04 Å². The van der Waals surface area contributed by atoms with Crippen molar-refractivity contribution < 1.29 is 9.13 Å². The van der Waals surface area contributed by atoms with Crippen molar-refractivity contribution in [2.45, 2.75) is 6.04 Å². The summed E-state index contributed by atoms with van der Waals surface area (Å²) >= 11 is 0. The first-order chi connectivity index (χ1) is 5.75. The summed E-state index contributed by atoms with van der Waals surface area (Å²) in [5.74, 6) is -0.387. The number of rotatable bonds is 3. The fourth-order valence-corrected chi connectivity index (χ4v) is 0.956. The minimum Gasteiger partial charge on any atom is -0.383 e. The van der Waals surface area contributed by atoms with Crippen LogP contribution in [0.4, 0.5) is 4.39 Å². The van der Waals surface area contributed by atoms with Crippen LogP contribution < -0.4 is 5.73 Å². The Hall–Kier alpha value is -1.00. The molecule has 0 aliphatic heterocycles. The molecule has 0 aromatic carbocycles. The molecule has 0 amide bonds. The number of hydrogen-bond acceptors (Lipinski definition) is 3. The highest BCUT2D eigenvalue weighted by atomic mass is 19.1. The summed E-state index contributed by atoms with van der Waals surface area (Å²) in [6.45, 7) is 0.306. The van der Waals surface area contributed by atoms with E-state index in [1.807, 2.05) is 0 Å². The standard InChI is InChI=1S/C8H11FN2O/c1-12-5-8(10)6-2-3-11-4-7(6)9/h2-4,8H,5,10H2,1H3/t8-/m1/s1. The van der Waals surface area contributed by atoms with Crippen molar-refractivity contribution >= 4 is 0 Å². The van der Waals surface area contributed by atoms with Gasteiger partial charge < -0.3 is 10.5 Å². The molecule has 4 heteroatoms. The third-order valence-electron chi connectivity index (χ3n) is 1.55. The topological polar surface area (TPSA) is 48.1 Å². The van der Waals surface area contributed by atoms with Gasteiger partial charge >= 0.3 is 0 Å². The van der Waals surface area contributed by atoms with Crippen molar-refractivity contribution in [3.63, 3.8) is 0 Å². The highest BCUT2D eigenvalue weighted by Crippen LogP contribution is 2.12. The Balaban J connectivity index is 2.79. The Morgan fingerprint density at radius 2 is 2.50 bits per heavy atom. The maximum Gasteiger partial charge on any atom is 0.146 e. The zero-order valence-electron chi connectivity index (χ0n) is 6.83. The van der Waals surface area contributed by atoms with E-state index in [1.165, 1.54) is 13.3 Å². The van der Waals surface area contributed by atoms with Gasteiger partial charge in [0.2, 0.25) is 0 Å². The SMILES string of the molecule is COC[C@@H](N)c1ccncc1F. The molecule has 1 rings (SSSR count). The average molecular weight is 170 g/mol. The quantitative estimate of drug-likeness (QED) is 0.732. The molecule has 0 radical (unpaired) electrons. The number of methoxy groups -OCH3 is 1. The second-order valence-electron chi connectivity index (χ2n) is 2.46. The molecule has 0 saturated heterocycles. The van der Waals surface area contributed by atoms with Crippen LogP contribution in [-0.2, 0) is 4.74 Å². The predicted octanol–water partition coefficient (Wildman–Crippen LogP) is 0.867. The van der Waals surface area contributed by atoms with Gasteiger partial charge in [0.15, 0.2) is 0 Å². The Morgan fingerprint density at radius 3 is 3.08 bits per heavy atom. The third kappa shape index (κ3) is 1.99. The first-order valence-corrected chi connectivity index (χ1v) is 3.59. The van der Waals surface area contributed by atoms with Crippen LogP contribution in [0.1, 0.15) is 11.6 Å². The van der Waals surface area contributed by atoms with Crippen molar-refractivity contribution in [3.8, 4) is 0 Å². The average Bonchev–Trinajstić information content (AvgIpc) is 2.05. The molecule has 0 aliphatic carbocycles. The van der Waals surface area contributed by atoms with Crippen LogP contribution in [0.3, 0.4) is 0 Å². The van der Waals surface area contributed by atoms with E-state index in [0.29, 0.717) is 12.2 Å². The van der Waals surface area contributed by atoms with E-state index >= 15 is 0 Å². The lowest BCUT2D eigenvalue weighted by Crippen LogP contribution is -2.17. The van der Waals surface area contributed by atoms with Gasteiger partial charge in [0, 0.05) is 18.9 Å². The highest BCUT2D eigenvalue weighted by Gasteiger charge is 2.09. The number of halogens is 1. The number of ether oxygens (including phenoxy) is 1. The lowest BCUT2D eigenvalue weighted by atomic mass is 10.1. The molecule has 0 bridgehead atoms. The summed E-state index contributed by atoms with van der Waals surface area (Å²) in [6.07, 6.45) is 2.65. The van der Waals surface area contributed by atoms with Crippen LogP contribution in [0, 0.1) is 5.82 Å². The van der Waals surface area contributed by atoms with E-state index in [4.69, 9.17) is 10.5 Å². The normalized spacial score (nSPS) is 12.9. The Morgan fingerprint density at radius 1 is 1.75 bits per heavy atom. The van der Waals surface area contributed by atoms with Gasteiger partial charge in [0.1, 0.15) is 5.82 Å². The molecule has 0 aliphatic rings. The second-order valence-corrected chi connectivity index (χ2v) is 2.46. The molecule has 0 unspecified atom stereocenters. The number of nitrogens with two attached hydrogens (primary N) is 1. The second kappa shape index (κ2) is 4.13. The zero-order chi connectivity index (χ0) is 8.97. The molecule has 2 N–H and O–H groups in total. The minimum atomic E-state index is -0.419. The summed E-state index contributed by atoms with van der Waals surface area (Å²) in [4.78, 5) is 3.62. The van der Waals surface area contributed by atoms with Crippen LogP contribution in [0.15, 0.2) is 18.5 Å². The predicted molar refractivity (Wildman–Crippen MR) is 43.0 cm³/mol.